The summed E-state index contributed by atoms with van der Waals surface area (Å²) in [7, 11) is 0. The number of guanidine groups is 1. The third-order valence-electron chi connectivity index (χ3n) is 5.23. The summed E-state index contributed by atoms with van der Waals surface area (Å²) >= 11 is 0. The van der Waals surface area contributed by atoms with Crippen LogP contribution in [0.2, 0.25) is 0 Å². The normalized spacial score (nSPS) is 22.7. The van der Waals surface area contributed by atoms with Gasteiger partial charge in [-0.1, -0.05) is 6.42 Å². The summed E-state index contributed by atoms with van der Waals surface area (Å²) in [5.41, 5.74) is 0. The van der Waals surface area contributed by atoms with Crippen molar-refractivity contribution in [2.45, 2.75) is 52.0 Å². The Morgan fingerprint density at radius 2 is 1.88 bits per heavy atom. The SMILES string of the molecule is CCNC(=NCCCCN1CCCCC1C)NCCN1CCOCC1.I. The molecule has 0 saturated carbocycles. The third-order valence-corrected chi connectivity index (χ3v) is 5.23. The number of hydrogen-bond acceptors (Lipinski definition) is 4. The topological polar surface area (TPSA) is 52.1 Å². The molecule has 154 valence electrons. The lowest BCUT2D eigenvalue weighted by Crippen LogP contribution is -2.44. The highest BCUT2D eigenvalue weighted by atomic mass is 127. The molecular weight excluding hydrogens is 441 g/mol. The van der Waals surface area contributed by atoms with Crippen molar-refractivity contribution >= 4 is 29.9 Å². The van der Waals surface area contributed by atoms with E-state index in [1.807, 2.05) is 0 Å². The lowest BCUT2D eigenvalue weighted by Gasteiger charge is -2.33. The van der Waals surface area contributed by atoms with E-state index in [0.717, 1.165) is 64.5 Å². The van der Waals surface area contributed by atoms with Gasteiger partial charge in [-0.05, 0) is 52.6 Å². The second-order valence-corrected chi connectivity index (χ2v) is 7.23. The van der Waals surface area contributed by atoms with Crippen LogP contribution >= 0.6 is 24.0 Å². The molecule has 1 unspecified atom stereocenters. The molecule has 2 aliphatic rings. The van der Waals surface area contributed by atoms with Crippen molar-refractivity contribution in [1.29, 1.82) is 0 Å². The van der Waals surface area contributed by atoms with E-state index >= 15 is 0 Å². The number of rotatable bonds is 9. The van der Waals surface area contributed by atoms with E-state index in [4.69, 9.17) is 9.73 Å². The van der Waals surface area contributed by atoms with Crippen LogP contribution in [0.1, 0.15) is 46.0 Å². The van der Waals surface area contributed by atoms with Gasteiger partial charge in [-0.25, -0.2) is 0 Å². The number of nitrogens with one attached hydrogen (secondary N) is 2. The van der Waals surface area contributed by atoms with Gasteiger partial charge in [-0.15, -0.1) is 24.0 Å². The number of ether oxygens (including phenoxy) is 1. The van der Waals surface area contributed by atoms with Gasteiger partial charge in [-0.3, -0.25) is 9.89 Å². The lowest BCUT2D eigenvalue weighted by atomic mass is 10.0. The maximum Gasteiger partial charge on any atom is 0.191 e. The Hall–Kier alpha value is -0.120. The monoisotopic (exact) mass is 481 g/mol. The fraction of sp³-hybridized carbons (Fsp3) is 0.947. The van der Waals surface area contributed by atoms with Crippen LogP contribution in [-0.2, 0) is 4.74 Å². The number of hydrogen-bond donors (Lipinski definition) is 2. The summed E-state index contributed by atoms with van der Waals surface area (Å²) in [6, 6.07) is 0.774. The van der Waals surface area contributed by atoms with Gasteiger partial charge in [0, 0.05) is 45.3 Å². The zero-order valence-corrected chi connectivity index (χ0v) is 19.2. The minimum Gasteiger partial charge on any atom is -0.379 e. The molecule has 0 aromatic heterocycles. The first kappa shape index (κ1) is 23.9. The Kier molecular flexibility index (Phi) is 13.7. The molecule has 0 aromatic rings. The number of unbranched alkanes of at least 4 members (excludes halogenated alkanes) is 1. The Balaban J connectivity index is 0.00000338. The number of nitrogens with zero attached hydrogens (tertiary/aromatic N) is 3. The second-order valence-electron chi connectivity index (χ2n) is 7.23. The summed E-state index contributed by atoms with van der Waals surface area (Å²) < 4.78 is 5.39. The Labute approximate surface area is 177 Å². The molecule has 2 fully saturated rings. The van der Waals surface area contributed by atoms with Gasteiger partial charge in [0.1, 0.15) is 0 Å². The lowest BCUT2D eigenvalue weighted by molar-refractivity contribution is 0.0389. The molecule has 0 spiro atoms. The Morgan fingerprint density at radius 3 is 2.62 bits per heavy atom. The Bertz CT molecular complexity index is 377. The van der Waals surface area contributed by atoms with Crippen LogP contribution in [0.25, 0.3) is 0 Å². The van der Waals surface area contributed by atoms with Crippen LogP contribution in [0.15, 0.2) is 4.99 Å². The van der Waals surface area contributed by atoms with E-state index in [9.17, 15) is 0 Å². The fourth-order valence-electron chi connectivity index (χ4n) is 3.61. The van der Waals surface area contributed by atoms with Crippen molar-refractivity contribution in [1.82, 2.24) is 20.4 Å². The van der Waals surface area contributed by atoms with E-state index in [2.05, 4.69) is 34.3 Å². The molecule has 6 nitrogen and oxygen atoms in total. The first-order chi connectivity index (χ1) is 12.3. The highest BCUT2D eigenvalue weighted by Crippen LogP contribution is 2.16. The molecule has 0 bridgehead atoms. The summed E-state index contributed by atoms with van der Waals surface area (Å²) in [6.07, 6.45) is 6.57. The Morgan fingerprint density at radius 1 is 1.08 bits per heavy atom. The standard InChI is InChI=1S/C19H39N5O.HI/c1-3-20-19(22-10-13-23-14-16-25-17-15-23)21-9-5-7-12-24-11-6-4-8-18(24)2;/h18H,3-17H2,1-2H3,(H2,20,21,22);1H. The van der Waals surface area contributed by atoms with E-state index in [1.54, 1.807) is 0 Å². The highest BCUT2D eigenvalue weighted by Gasteiger charge is 2.16. The van der Waals surface area contributed by atoms with Crippen LogP contribution in [0.3, 0.4) is 0 Å². The van der Waals surface area contributed by atoms with Gasteiger partial charge in [0.2, 0.25) is 0 Å². The summed E-state index contributed by atoms with van der Waals surface area (Å²) in [5, 5.41) is 6.81. The molecule has 2 heterocycles. The predicted octanol–water partition coefficient (Wildman–Crippen LogP) is 2.15. The van der Waals surface area contributed by atoms with Crippen LogP contribution in [0.4, 0.5) is 0 Å². The average molecular weight is 481 g/mol. The van der Waals surface area contributed by atoms with Gasteiger partial charge in [-0.2, -0.15) is 0 Å². The van der Waals surface area contributed by atoms with Crippen molar-refractivity contribution in [2.24, 2.45) is 4.99 Å². The first-order valence-corrected chi connectivity index (χ1v) is 10.4. The number of morpholine rings is 1. The van der Waals surface area contributed by atoms with Crippen molar-refractivity contribution in [2.75, 3.05) is 65.6 Å². The van der Waals surface area contributed by atoms with Gasteiger partial charge in [0.15, 0.2) is 5.96 Å². The molecule has 0 aromatic carbocycles. The predicted molar refractivity (Wildman–Crippen MR) is 121 cm³/mol. The van der Waals surface area contributed by atoms with E-state index in [1.165, 1.54) is 45.2 Å². The van der Waals surface area contributed by atoms with Crippen LogP contribution in [-0.4, -0.2) is 87.4 Å². The van der Waals surface area contributed by atoms with Crippen molar-refractivity contribution in [3.8, 4) is 0 Å². The number of aliphatic imine (C=N–C) groups is 1. The maximum absolute atomic E-state index is 5.39. The molecule has 0 aliphatic carbocycles. The molecular formula is C19H40IN5O. The van der Waals surface area contributed by atoms with Gasteiger partial charge >= 0.3 is 0 Å². The minimum absolute atomic E-state index is 0. The van der Waals surface area contributed by atoms with Gasteiger partial charge in [0.25, 0.3) is 0 Å². The second kappa shape index (κ2) is 14.9. The largest absolute Gasteiger partial charge is 0.379 e. The van der Waals surface area contributed by atoms with E-state index in [0.29, 0.717) is 0 Å². The minimum atomic E-state index is 0. The molecule has 7 heteroatoms. The van der Waals surface area contributed by atoms with E-state index < -0.39 is 0 Å². The molecule has 0 amide bonds. The van der Waals surface area contributed by atoms with Crippen LogP contribution in [0.5, 0.6) is 0 Å². The van der Waals surface area contributed by atoms with Gasteiger partial charge < -0.3 is 20.3 Å². The van der Waals surface area contributed by atoms with Crippen molar-refractivity contribution in [3.63, 3.8) is 0 Å². The molecule has 2 rings (SSSR count). The quantitative estimate of drug-likeness (QED) is 0.229. The number of piperidine rings is 1. The van der Waals surface area contributed by atoms with E-state index in [-0.39, 0.29) is 24.0 Å². The number of likely N-dealkylation sites (tertiary alicyclic amines) is 1. The molecule has 0 radical (unpaired) electrons. The zero-order valence-electron chi connectivity index (χ0n) is 16.8. The van der Waals surface area contributed by atoms with Crippen LogP contribution < -0.4 is 10.6 Å². The number of halogens is 1. The third kappa shape index (κ3) is 9.71. The molecule has 2 saturated heterocycles. The molecule has 26 heavy (non-hydrogen) atoms. The average Bonchev–Trinajstić information content (AvgIpc) is 2.64. The smallest absolute Gasteiger partial charge is 0.191 e. The fourth-order valence-corrected chi connectivity index (χ4v) is 3.61. The molecule has 2 N–H and O–H groups in total. The summed E-state index contributed by atoms with van der Waals surface area (Å²) in [4.78, 5) is 9.83. The molecule has 1 atom stereocenters. The van der Waals surface area contributed by atoms with Gasteiger partial charge in [0.05, 0.1) is 13.2 Å². The summed E-state index contributed by atoms with van der Waals surface area (Å²) in [5.74, 6) is 0.960. The maximum atomic E-state index is 5.39. The van der Waals surface area contributed by atoms with Crippen molar-refractivity contribution in [3.05, 3.63) is 0 Å². The first-order valence-electron chi connectivity index (χ1n) is 10.4. The highest BCUT2D eigenvalue weighted by molar-refractivity contribution is 14.0. The summed E-state index contributed by atoms with van der Waals surface area (Å²) in [6.45, 7) is 14.7. The van der Waals surface area contributed by atoms with Crippen molar-refractivity contribution < 1.29 is 4.74 Å². The zero-order chi connectivity index (χ0) is 17.7. The van der Waals surface area contributed by atoms with Crippen LogP contribution in [0, 0.1) is 0 Å². The molecule has 2 aliphatic heterocycles.